The van der Waals surface area contributed by atoms with E-state index in [2.05, 4.69) is 11.9 Å². The number of carbonyl (C=O) groups is 2. The van der Waals surface area contributed by atoms with Crippen LogP contribution in [0.15, 0.2) is 12.3 Å². The zero-order valence-electron chi connectivity index (χ0n) is 10.6. The lowest BCUT2D eigenvalue weighted by atomic mass is 9.49. The number of halogens is 1. The standard InChI is InChI=1S/C14H14FN2O2/c1-8(18)11-3-4-16-13(12(11)15)17(9(2)19)14-5-10(6-14)7-14/h3-4,10H,1,5-7H2,2H3. The Balaban J connectivity index is 2.06. The Hall–Kier alpha value is -1.78. The van der Waals surface area contributed by atoms with Crippen molar-refractivity contribution in [2.75, 3.05) is 4.90 Å². The second-order valence-corrected chi connectivity index (χ2v) is 5.48. The van der Waals surface area contributed by atoms with Gasteiger partial charge < -0.3 is 0 Å². The fraction of sp³-hybridized carbons (Fsp3) is 0.429. The van der Waals surface area contributed by atoms with E-state index in [0.29, 0.717) is 5.92 Å². The fourth-order valence-corrected chi connectivity index (χ4v) is 3.22. The highest BCUT2D eigenvalue weighted by Crippen LogP contribution is 2.61. The summed E-state index contributed by atoms with van der Waals surface area (Å²) >= 11 is 0. The number of rotatable bonds is 3. The summed E-state index contributed by atoms with van der Waals surface area (Å²) < 4.78 is 14.3. The Morgan fingerprint density at radius 3 is 2.53 bits per heavy atom. The molecule has 0 spiro atoms. The maximum absolute atomic E-state index is 14.3. The number of amides is 1. The van der Waals surface area contributed by atoms with Gasteiger partial charge in [0.25, 0.3) is 0 Å². The molecule has 1 heterocycles. The first-order valence-electron chi connectivity index (χ1n) is 6.26. The maximum Gasteiger partial charge on any atom is 0.225 e. The molecule has 2 bridgehead atoms. The van der Waals surface area contributed by atoms with Crippen molar-refractivity contribution in [1.29, 1.82) is 0 Å². The summed E-state index contributed by atoms with van der Waals surface area (Å²) in [6.07, 6.45) is 4.04. The van der Waals surface area contributed by atoms with Gasteiger partial charge in [-0.25, -0.2) is 9.37 Å². The molecule has 0 N–H and O–H groups in total. The number of Topliss-reactive ketones (excluding diaryl/α,β-unsaturated/α-hetero) is 1. The van der Waals surface area contributed by atoms with Crippen LogP contribution in [0, 0.1) is 18.7 Å². The molecule has 1 aromatic heterocycles. The molecule has 99 valence electrons. The molecule has 3 aliphatic carbocycles. The third-order valence-corrected chi connectivity index (χ3v) is 4.18. The van der Waals surface area contributed by atoms with Crippen LogP contribution in [0.4, 0.5) is 10.2 Å². The summed E-state index contributed by atoms with van der Waals surface area (Å²) in [5.41, 5.74) is -0.393. The van der Waals surface area contributed by atoms with Gasteiger partial charge in [0.05, 0.1) is 11.1 Å². The van der Waals surface area contributed by atoms with Crippen LogP contribution in [0.2, 0.25) is 0 Å². The van der Waals surface area contributed by atoms with E-state index in [1.54, 1.807) is 0 Å². The van der Waals surface area contributed by atoms with Gasteiger partial charge in [-0.05, 0) is 31.2 Å². The van der Waals surface area contributed by atoms with Gasteiger partial charge in [-0.2, -0.15) is 0 Å². The molecule has 5 heteroatoms. The van der Waals surface area contributed by atoms with E-state index in [0.717, 1.165) is 19.3 Å². The van der Waals surface area contributed by atoms with Crippen molar-refractivity contribution >= 4 is 17.5 Å². The molecule has 19 heavy (non-hydrogen) atoms. The number of carbonyl (C=O) groups excluding carboxylic acids is 2. The maximum atomic E-state index is 14.3. The molecule has 0 saturated heterocycles. The predicted octanol–water partition coefficient (Wildman–Crippen LogP) is 2.14. The number of nitrogens with zero attached hydrogens (tertiary/aromatic N) is 2. The molecule has 0 aliphatic heterocycles. The summed E-state index contributed by atoms with van der Waals surface area (Å²) in [7, 11) is 0. The van der Waals surface area contributed by atoms with Crippen molar-refractivity contribution in [3.8, 4) is 0 Å². The molecule has 0 aromatic carbocycles. The largest absolute Gasteiger partial charge is 0.294 e. The number of aromatic nitrogens is 1. The molecular weight excluding hydrogens is 247 g/mol. The normalized spacial score (nSPS) is 27.2. The average Bonchev–Trinajstić information content (AvgIpc) is 2.21. The van der Waals surface area contributed by atoms with Gasteiger partial charge in [-0.1, -0.05) is 0 Å². The van der Waals surface area contributed by atoms with Gasteiger partial charge in [0, 0.05) is 20.0 Å². The SMILES string of the molecule is [CH2]C(=O)c1ccnc(N(C(C)=O)C23CC(C2)C3)c1F. The average molecular weight is 261 g/mol. The first-order chi connectivity index (χ1) is 8.94. The zero-order valence-corrected chi connectivity index (χ0v) is 10.6. The van der Waals surface area contributed by atoms with Crippen LogP contribution in [0.25, 0.3) is 0 Å². The van der Waals surface area contributed by atoms with E-state index in [-0.39, 0.29) is 22.8 Å². The van der Waals surface area contributed by atoms with Crippen molar-refractivity contribution in [1.82, 2.24) is 4.98 Å². The highest BCUT2D eigenvalue weighted by Gasteiger charge is 2.62. The van der Waals surface area contributed by atoms with Crippen LogP contribution in [-0.2, 0) is 4.79 Å². The van der Waals surface area contributed by atoms with Crippen LogP contribution in [-0.4, -0.2) is 22.2 Å². The van der Waals surface area contributed by atoms with Crippen LogP contribution in [0.3, 0.4) is 0 Å². The Kier molecular flexibility index (Phi) is 2.49. The van der Waals surface area contributed by atoms with Crippen LogP contribution < -0.4 is 4.90 Å². The van der Waals surface area contributed by atoms with Gasteiger partial charge in [-0.15, -0.1) is 0 Å². The molecule has 4 rings (SSSR count). The number of pyridine rings is 1. The molecule has 3 aliphatic rings. The van der Waals surface area contributed by atoms with Gasteiger partial charge >= 0.3 is 0 Å². The molecule has 4 nitrogen and oxygen atoms in total. The molecule has 3 saturated carbocycles. The van der Waals surface area contributed by atoms with E-state index < -0.39 is 11.6 Å². The minimum atomic E-state index is -0.748. The number of hydrogen-bond donors (Lipinski definition) is 0. The smallest absolute Gasteiger partial charge is 0.225 e. The van der Waals surface area contributed by atoms with E-state index in [4.69, 9.17) is 0 Å². The third kappa shape index (κ3) is 1.60. The quantitative estimate of drug-likeness (QED) is 0.783. The molecule has 0 unspecified atom stereocenters. The minimum Gasteiger partial charge on any atom is -0.294 e. The Labute approximate surface area is 110 Å². The van der Waals surface area contributed by atoms with E-state index in [1.807, 2.05) is 0 Å². The molecular formula is C14H14FN2O2. The van der Waals surface area contributed by atoms with Gasteiger partial charge in [0.2, 0.25) is 5.91 Å². The van der Waals surface area contributed by atoms with Crippen LogP contribution >= 0.6 is 0 Å². The van der Waals surface area contributed by atoms with Crippen molar-refractivity contribution < 1.29 is 14.0 Å². The lowest BCUT2D eigenvalue weighted by Crippen LogP contribution is -2.70. The Bertz CT molecular complexity index is 568. The zero-order chi connectivity index (χ0) is 13.8. The third-order valence-electron chi connectivity index (χ3n) is 4.18. The van der Waals surface area contributed by atoms with Crippen molar-refractivity contribution in [2.24, 2.45) is 5.92 Å². The van der Waals surface area contributed by atoms with E-state index in [9.17, 15) is 14.0 Å². The van der Waals surface area contributed by atoms with Crippen molar-refractivity contribution in [2.45, 2.75) is 31.7 Å². The number of ketones is 1. The molecule has 1 aromatic rings. The lowest BCUT2D eigenvalue weighted by molar-refractivity contribution is -0.123. The minimum absolute atomic E-state index is 0.0415. The van der Waals surface area contributed by atoms with Crippen molar-refractivity contribution in [3.05, 3.63) is 30.6 Å². The summed E-state index contributed by atoms with van der Waals surface area (Å²) in [4.78, 5) is 28.5. The monoisotopic (exact) mass is 261 g/mol. The highest BCUT2D eigenvalue weighted by atomic mass is 19.1. The van der Waals surface area contributed by atoms with Crippen LogP contribution in [0.1, 0.15) is 36.5 Å². The number of hydrogen-bond acceptors (Lipinski definition) is 3. The van der Waals surface area contributed by atoms with E-state index in [1.165, 1.54) is 24.1 Å². The Morgan fingerprint density at radius 2 is 2.11 bits per heavy atom. The fourth-order valence-electron chi connectivity index (χ4n) is 3.22. The summed E-state index contributed by atoms with van der Waals surface area (Å²) in [5.74, 6) is -0.981. The summed E-state index contributed by atoms with van der Waals surface area (Å²) in [5, 5.41) is 0. The highest BCUT2D eigenvalue weighted by molar-refractivity contribution is 6.01. The number of anilines is 1. The Morgan fingerprint density at radius 1 is 1.47 bits per heavy atom. The van der Waals surface area contributed by atoms with Gasteiger partial charge in [0.15, 0.2) is 17.4 Å². The van der Waals surface area contributed by atoms with E-state index >= 15 is 0 Å². The second kappa shape index (κ2) is 3.85. The van der Waals surface area contributed by atoms with Gasteiger partial charge in [0.1, 0.15) is 0 Å². The van der Waals surface area contributed by atoms with Crippen molar-refractivity contribution in [3.63, 3.8) is 0 Å². The summed E-state index contributed by atoms with van der Waals surface area (Å²) in [6.45, 7) is 4.61. The van der Waals surface area contributed by atoms with Crippen LogP contribution in [0.5, 0.6) is 0 Å². The molecule has 0 atom stereocenters. The predicted molar refractivity (Wildman–Crippen MR) is 67.1 cm³/mol. The lowest BCUT2D eigenvalue weighted by Gasteiger charge is -2.65. The first kappa shape index (κ1) is 12.3. The van der Waals surface area contributed by atoms with Gasteiger partial charge in [-0.3, -0.25) is 14.5 Å². The second-order valence-electron chi connectivity index (χ2n) is 5.48. The molecule has 1 amide bonds. The first-order valence-corrected chi connectivity index (χ1v) is 6.26. The molecule has 1 radical (unpaired) electrons. The summed E-state index contributed by atoms with van der Waals surface area (Å²) in [6, 6.07) is 1.29. The molecule has 3 fully saturated rings. The topological polar surface area (TPSA) is 50.3 Å².